The smallest absolute Gasteiger partial charge is 0.251 e. The topological polar surface area (TPSA) is 68.8 Å². The van der Waals surface area contributed by atoms with Gasteiger partial charge in [-0.1, -0.05) is 23.2 Å². The quantitative estimate of drug-likeness (QED) is 0.223. The second-order valence-corrected chi connectivity index (χ2v) is 7.75. The highest BCUT2D eigenvalue weighted by molar-refractivity contribution is 14.0. The Hall–Kier alpha value is -0.770. The minimum Gasteiger partial charge on any atom is -0.355 e. The van der Waals surface area contributed by atoms with E-state index in [2.05, 4.69) is 39.7 Å². The van der Waals surface area contributed by atoms with Crippen molar-refractivity contribution >= 4 is 59.0 Å². The molecule has 158 valence electrons. The number of piperidine rings is 1. The van der Waals surface area contributed by atoms with Crippen molar-refractivity contribution in [2.24, 2.45) is 4.99 Å². The Morgan fingerprint density at radius 3 is 2.39 bits per heavy atom. The van der Waals surface area contributed by atoms with Crippen LogP contribution in [0.2, 0.25) is 10.0 Å². The highest BCUT2D eigenvalue weighted by Crippen LogP contribution is 2.22. The van der Waals surface area contributed by atoms with E-state index in [1.165, 1.54) is 0 Å². The van der Waals surface area contributed by atoms with Gasteiger partial charge in [-0.15, -0.1) is 24.0 Å². The lowest BCUT2D eigenvalue weighted by Gasteiger charge is -2.35. The van der Waals surface area contributed by atoms with E-state index in [-0.39, 0.29) is 29.9 Å². The van der Waals surface area contributed by atoms with Crippen molar-refractivity contribution in [2.45, 2.75) is 38.8 Å². The average molecular weight is 542 g/mol. The molecule has 3 N–H and O–H groups in total. The molecule has 0 unspecified atom stereocenters. The van der Waals surface area contributed by atoms with Crippen molar-refractivity contribution in [3.8, 4) is 0 Å². The monoisotopic (exact) mass is 541 g/mol. The summed E-state index contributed by atoms with van der Waals surface area (Å²) < 4.78 is 0. The van der Waals surface area contributed by atoms with Crippen molar-refractivity contribution in [3.63, 3.8) is 0 Å². The van der Waals surface area contributed by atoms with Gasteiger partial charge in [-0.2, -0.15) is 0 Å². The van der Waals surface area contributed by atoms with E-state index < -0.39 is 0 Å². The third kappa shape index (κ3) is 7.93. The van der Waals surface area contributed by atoms with E-state index in [1.807, 2.05) is 0 Å². The SMILES string of the molecule is CN=C(NCCNC(=O)c1ccc(Cl)c(Cl)c1)NC1CCN(C(C)C)CC1.I. The molecule has 1 aliphatic heterocycles. The molecule has 9 heteroatoms. The van der Waals surface area contributed by atoms with E-state index >= 15 is 0 Å². The molecule has 2 rings (SSSR count). The number of nitrogens with zero attached hydrogens (tertiary/aromatic N) is 2. The van der Waals surface area contributed by atoms with Gasteiger partial charge in [0.15, 0.2) is 5.96 Å². The second-order valence-electron chi connectivity index (χ2n) is 6.93. The van der Waals surface area contributed by atoms with Gasteiger partial charge in [0.2, 0.25) is 0 Å². The summed E-state index contributed by atoms with van der Waals surface area (Å²) in [7, 11) is 1.76. The Bertz CT molecular complexity index is 664. The molecule has 1 aliphatic rings. The fourth-order valence-corrected chi connectivity index (χ4v) is 3.34. The minimum absolute atomic E-state index is 0. The fraction of sp³-hybridized carbons (Fsp3) is 0.579. The number of nitrogens with one attached hydrogen (secondary N) is 3. The number of hydrogen-bond donors (Lipinski definition) is 3. The van der Waals surface area contributed by atoms with Gasteiger partial charge in [-0.3, -0.25) is 9.79 Å². The number of carbonyl (C=O) groups excluding carboxylic acids is 1. The van der Waals surface area contributed by atoms with Gasteiger partial charge < -0.3 is 20.9 Å². The van der Waals surface area contributed by atoms with Crippen LogP contribution in [0.3, 0.4) is 0 Å². The lowest BCUT2D eigenvalue weighted by atomic mass is 10.0. The van der Waals surface area contributed by atoms with Crippen molar-refractivity contribution < 1.29 is 4.79 Å². The van der Waals surface area contributed by atoms with Crippen LogP contribution in [0.25, 0.3) is 0 Å². The lowest BCUT2D eigenvalue weighted by Crippen LogP contribution is -2.50. The molecule has 0 atom stereocenters. The number of carbonyl (C=O) groups is 1. The average Bonchev–Trinajstić information content (AvgIpc) is 2.66. The number of hydrogen-bond acceptors (Lipinski definition) is 3. The van der Waals surface area contributed by atoms with Crippen molar-refractivity contribution in [2.75, 3.05) is 33.2 Å². The van der Waals surface area contributed by atoms with Crippen LogP contribution in [0, 0.1) is 0 Å². The van der Waals surface area contributed by atoms with Crippen molar-refractivity contribution in [3.05, 3.63) is 33.8 Å². The first-order valence-electron chi connectivity index (χ1n) is 9.35. The van der Waals surface area contributed by atoms with Crippen LogP contribution in [0.4, 0.5) is 0 Å². The summed E-state index contributed by atoms with van der Waals surface area (Å²) in [6, 6.07) is 5.87. The molecule has 0 radical (unpaired) electrons. The number of rotatable bonds is 6. The highest BCUT2D eigenvalue weighted by Gasteiger charge is 2.21. The Kier molecular flexibility index (Phi) is 11.5. The number of amides is 1. The van der Waals surface area contributed by atoms with Gasteiger partial charge in [0.25, 0.3) is 5.91 Å². The number of likely N-dealkylation sites (tertiary alicyclic amines) is 1. The Labute approximate surface area is 194 Å². The maximum Gasteiger partial charge on any atom is 0.251 e. The summed E-state index contributed by atoms with van der Waals surface area (Å²) in [5.41, 5.74) is 0.490. The molecule has 0 saturated carbocycles. The van der Waals surface area contributed by atoms with E-state index in [4.69, 9.17) is 23.2 Å². The number of aliphatic imine (C=N–C) groups is 1. The summed E-state index contributed by atoms with van der Waals surface area (Å²) in [5.74, 6) is 0.584. The minimum atomic E-state index is -0.181. The molecule has 1 heterocycles. The first-order chi connectivity index (χ1) is 12.9. The molecule has 0 aliphatic carbocycles. The van der Waals surface area contributed by atoms with Gasteiger partial charge in [-0.05, 0) is 44.9 Å². The second kappa shape index (κ2) is 12.7. The molecule has 0 bridgehead atoms. The first-order valence-corrected chi connectivity index (χ1v) is 10.1. The van der Waals surface area contributed by atoms with Crippen LogP contribution in [0.15, 0.2) is 23.2 Å². The van der Waals surface area contributed by atoms with Gasteiger partial charge in [-0.25, -0.2) is 0 Å². The molecule has 1 amide bonds. The molecule has 1 aromatic carbocycles. The first kappa shape index (κ1) is 25.3. The fourth-order valence-electron chi connectivity index (χ4n) is 3.04. The number of halogens is 3. The zero-order chi connectivity index (χ0) is 19.8. The molecule has 1 aromatic rings. The maximum absolute atomic E-state index is 12.1. The van der Waals surface area contributed by atoms with Gasteiger partial charge >= 0.3 is 0 Å². The highest BCUT2D eigenvalue weighted by atomic mass is 127. The molecular weight excluding hydrogens is 512 g/mol. The van der Waals surface area contributed by atoms with E-state index in [1.54, 1.807) is 25.2 Å². The zero-order valence-corrected chi connectivity index (χ0v) is 20.4. The summed E-state index contributed by atoms with van der Waals surface area (Å²) >= 11 is 11.8. The van der Waals surface area contributed by atoms with Crippen LogP contribution >= 0.6 is 47.2 Å². The van der Waals surface area contributed by atoms with Crippen molar-refractivity contribution in [1.82, 2.24) is 20.9 Å². The zero-order valence-electron chi connectivity index (χ0n) is 16.6. The summed E-state index contributed by atoms with van der Waals surface area (Å²) in [6.07, 6.45) is 2.21. The van der Waals surface area contributed by atoms with Gasteiger partial charge in [0, 0.05) is 50.9 Å². The summed E-state index contributed by atoms with van der Waals surface area (Å²) in [5, 5.41) is 10.4. The summed E-state index contributed by atoms with van der Waals surface area (Å²) in [4.78, 5) is 18.9. The predicted molar refractivity (Wildman–Crippen MR) is 128 cm³/mol. The molecule has 0 aromatic heterocycles. The van der Waals surface area contributed by atoms with E-state index in [9.17, 15) is 4.79 Å². The van der Waals surface area contributed by atoms with Crippen LogP contribution in [-0.4, -0.2) is 62.1 Å². The molecular formula is C19H30Cl2IN5O. The molecule has 28 heavy (non-hydrogen) atoms. The predicted octanol–water partition coefficient (Wildman–Crippen LogP) is 3.38. The normalized spacial score (nSPS) is 15.9. The van der Waals surface area contributed by atoms with Crippen LogP contribution in [0.1, 0.15) is 37.0 Å². The number of benzene rings is 1. The molecule has 1 saturated heterocycles. The Morgan fingerprint density at radius 2 is 1.82 bits per heavy atom. The van der Waals surface area contributed by atoms with E-state index in [0.29, 0.717) is 40.8 Å². The lowest BCUT2D eigenvalue weighted by molar-refractivity contribution is 0.0954. The molecule has 6 nitrogen and oxygen atoms in total. The third-order valence-electron chi connectivity index (χ3n) is 4.71. The largest absolute Gasteiger partial charge is 0.355 e. The van der Waals surface area contributed by atoms with Crippen LogP contribution in [0.5, 0.6) is 0 Å². The Morgan fingerprint density at radius 1 is 1.18 bits per heavy atom. The van der Waals surface area contributed by atoms with E-state index in [0.717, 1.165) is 31.9 Å². The third-order valence-corrected chi connectivity index (χ3v) is 5.45. The Balaban J connectivity index is 0.00000392. The van der Waals surface area contributed by atoms with Crippen molar-refractivity contribution in [1.29, 1.82) is 0 Å². The summed E-state index contributed by atoms with van der Waals surface area (Å²) in [6.45, 7) is 7.74. The molecule has 0 spiro atoms. The van der Waals surface area contributed by atoms with Crippen LogP contribution in [-0.2, 0) is 0 Å². The number of guanidine groups is 1. The van der Waals surface area contributed by atoms with Gasteiger partial charge in [0.05, 0.1) is 10.0 Å². The maximum atomic E-state index is 12.1. The standard InChI is InChI=1S/C19H29Cl2N5O.HI/c1-13(2)26-10-6-15(7-11-26)25-19(22-3)24-9-8-23-18(27)14-4-5-16(20)17(21)12-14;/h4-5,12-13,15H,6-11H2,1-3H3,(H,23,27)(H2,22,24,25);1H. The van der Waals surface area contributed by atoms with Gasteiger partial charge in [0.1, 0.15) is 0 Å². The molecule has 1 fully saturated rings. The van der Waals surface area contributed by atoms with Crippen LogP contribution < -0.4 is 16.0 Å².